The molecule has 11 heteroatoms. The van der Waals surface area contributed by atoms with Gasteiger partial charge in [-0.05, 0) is 44.1 Å². The Morgan fingerprint density at radius 2 is 2.03 bits per heavy atom. The zero-order valence-corrected chi connectivity index (χ0v) is 18.3. The molecule has 0 atom stereocenters. The number of nitrogens with zero attached hydrogens (tertiary/aromatic N) is 4. The molecule has 1 aliphatic heterocycles. The number of nitrogens with two attached hydrogens (primary N) is 1. The van der Waals surface area contributed by atoms with Gasteiger partial charge >= 0.3 is 0 Å². The Bertz CT molecular complexity index is 1390. The number of sulfonamides is 1. The van der Waals surface area contributed by atoms with Crippen molar-refractivity contribution in [2.75, 3.05) is 29.8 Å². The predicted molar refractivity (Wildman–Crippen MR) is 122 cm³/mol. The molecule has 0 unspecified atom stereocenters. The molecule has 4 aromatic rings. The molecule has 32 heavy (non-hydrogen) atoms. The molecule has 166 valence electrons. The molecular weight excluding hydrogens is 430 g/mol. The van der Waals surface area contributed by atoms with E-state index in [1.807, 2.05) is 23.1 Å². The highest BCUT2D eigenvalue weighted by Gasteiger charge is 2.19. The van der Waals surface area contributed by atoms with Crippen LogP contribution in [0.5, 0.6) is 0 Å². The third-order valence-electron chi connectivity index (χ3n) is 5.48. The summed E-state index contributed by atoms with van der Waals surface area (Å²) in [6.07, 6.45) is 8.70. The minimum absolute atomic E-state index is 0.264. The summed E-state index contributed by atoms with van der Waals surface area (Å²) in [5.74, 6) is 0.532. The first-order chi connectivity index (χ1) is 15.4. The minimum atomic E-state index is -3.46. The van der Waals surface area contributed by atoms with Crippen LogP contribution < -0.4 is 15.8 Å². The average Bonchev–Trinajstić information content (AvgIpc) is 3.42. The smallest absolute Gasteiger partial charge is 0.231 e. The Hall–Kier alpha value is -3.44. The SMILES string of the molecule is CS(=O)(=O)Nc1cccc2oc(-c3cc(-c4cnn(C5CCNCC5)c4)cnc3N)nc12. The standard InChI is InChI=1S/C21H23N7O3S/c1-32(29,30)27-17-3-2-4-18-19(17)26-21(31-18)16-9-13(10-24-20(16)22)14-11-25-28(12-14)15-5-7-23-8-6-15/h2-4,9-12,15,23,27H,5-8H2,1H3,(H2,22,24). The van der Waals surface area contributed by atoms with E-state index in [1.165, 1.54) is 0 Å². The lowest BCUT2D eigenvalue weighted by Gasteiger charge is -2.22. The summed E-state index contributed by atoms with van der Waals surface area (Å²) in [5, 5.41) is 7.91. The topological polar surface area (TPSA) is 141 Å². The second-order valence-corrected chi connectivity index (χ2v) is 9.64. The number of nitrogens with one attached hydrogen (secondary N) is 2. The van der Waals surface area contributed by atoms with Crippen LogP contribution in [-0.4, -0.2) is 47.5 Å². The average molecular weight is 454 g/mol. The van der Waals surface area contributed by atoms with Crippen molar-refractivity contribution in [1.29, 1.82) is 0 Å². The van der Waals surface area contributed by atoms with Gasteiger partial charge in [0.2, 0.25) is 15.9 Å². The van der Waals surface area contributed by atoms with E-state index in [0.29, 0.717) is 28.4 Å². The summed E-state index contributed by atoms with van der Waals surface area (Å²) >= 11 is 0. The second kappa shape index (κ2) is 7.92. The van der Waals surface area contributed by atoms with E-state index in [9.17, 15) is 8.42 Å². The quantitative estimate of drug-likeness (QED) is 0.419. The molecule has 4 N–H and O–H groups in total. The lowest BCUT2D eigenvalue weighted by Crippen LogP contribution is -2.29. The highest BCUT2D eigenvalue weighted by Crippen LogP contribution is 2.34. The molecule has 0 bridgehead atoms. The molecule has 3 aromatic heterocycles. The predicted octanol–water partition coefficient (Wildman–Crippen LogP) is 2.63. The van der Waals surface area contributed by atoms with Gasteiger partial charge in [-0.3, -0.25) is 9.40 Å². The van der Waals surface area contributed by atoms with Crippen molar-refractivity contribution in [2.45, 2.75) is 18.9 Å². The van der Waals surface area contributed by atoms with Crippen LogP contribution in [0.25, 0.3) is 33.7 Å². The zero-order valence-electron chi connectivity index (χ0n) is 17.4. The fourth-order valence-electron chi connectivity index (χ4n) is 3.91. The van der Waals surface area contributed by atoms with Gasteiger partial charge in [0, 0.05) is 23.5 Å². The van der Waals surface area contributed by atoms with E-state index >= 15 is 0 Å². The fourth-order valence-corrected chi connectivity index (χ4v) is 4.47. The lowest BCUT2D eigenvalue weighted by molar-refractivity contribution is 0.343. The molecule has 0 aliphatic carbocycles. The number of benzene rings is 1. The number of nitrogen functional groups attached to an aromatic ring is 1. The van der Waals surface area contributed by atoms with E-state index in [2.05, 4.69) is 25.1 Å². The number of rotatable bonds is 5. The van der Waals surface area contributed by atoms with Crippen LogP contribution in [0.15, 0.2) is 47.3 Å². The van der Waals surface area contributed by atoms with Crippen molar-refractivity contribution in [2.24, 2.45) is 0 Å². The summed E-state index contributed by atoms with van der Waals surface area (Å²) in [6, 6.07) is 7.28. The molecule has 1 saturated heterocycles. The molecule has 4 heterocycles. The Balaban J connectivity index is 1.51. The number of piperidine rings is 1. The maximum Gasteiger partial charge on any atom is 0.231 e. The third kappa shape index (κ3) is 4.04. The number of hydrogen-bond acceptors (Lipinski definition) is 8. The second-order valence-electron chi connectivity index (χ2n) is 7.89. The Morgan fingerprint density at radius 1 is 1.22 bits per heavy atom. The maximum atomic E-state index is 11.7. The molecular formula is C21H23N7O3S. The highest BCUT2D eigenvalue weighted by molar-refractivity contribution is 7.92. The van der Waals surface area contributed by atoms with Crippen LogP contribution in [0.4, 0.5) is 11.5 Å². The van der Waals surface area contributed by atoms with Gasteiger partial charge < -0.3 is 15.5 Å². The number of oxazole rings is 1. The summed E-state index contributed by atoms with van der Waals surface area (Å²) in [4.78, 5) is 8.82. The number of anilines is 2. The molecule has 1 fully saturated rings. The fraction of sp³-hybridized carbons (Fsp3) is 0.286. The molecule has 10 nitrogen and oxygen atoms in total. The first-order valence-electron chi connectivity index (χ1n) is 10.3. The number of para-hydroxylation sites is 1. The van der Waals surface area contributed by atoms with E-state index in [-0.39, 0.29) is 11.7 Å². The van der Waals surface area contributed by atoms with Crippen LogP contribution in [0.2, 0.25) is 0 Å². The van der Waals surface area contributed by atoms with Crippen molar-refractivity contribution in [3.05, 3.63) is 42.9 Å². The summed E-state index contributed by atoms with van der Waals surface area (Å²) in [7, 11) is -3.46. The lowest BCUT2D eigenvalue weighted by atomic mass is 10.1. The molecule has 5 rings (SSSR count). The van der Waals surface area contributed by atoms with Crippen LogP contribution >= 0.6 is 0 Å². The normalized spacial score (nSPS) is 15.3. The summed E-state index contributed by atoms with van der Waals surface area (Å²) in [6.45, 7) is 1.97. The number of aromatic nitrogens is 4. The van der Waals surface area contributed by atoms with E-state index in [4.69, 9.17) is 10.2 Å². The summed E-state index contributed by atoms with van der Waals surface area (Å²) in [5.41, 5.74) is 9.60. The number of fused-ring (bicyclic) bond motifs is 1. The van der Waals surface area contributed by atoms with Crippen molar-refractivity contribution in [3.63, 3.8) is 0 Å². The van der Waals surface area contributed by atoms with E-state index in [0.717, 1.165) is 43.3 Å². The van der Waals surface area contributed by atoms with E-state index < -0.39 is 10.0 Å². The van der Waals surface area contributed by atoms with Crippen LogP contribution in [-0.2, 0) is 10.0 Å². The first-order valence-corrected chi connectivity index (χ1v) is 12.1. The molecule has 1 aromatic carbocycles. The number of pyridine rings is 1. The van der Waals surface area contributed by atoms with Crippen LogP contribution in [0, 0.1) is 0 Å². The summed E-state index contributed by atoms with van der Waals surface area (Å²) < 4.78 is 33.7. The van der Waals surface area contributed by atoms with Crippen molar-refractivity contribution in [3.8, 4) is 22.6 Å². The van der Waals surface area contributed by atoms with Gasteiger partial charge in [0.15, 0.2) is 5.58 Å². The van der Waals surface area contributed by atoms with Crippen molar-refractivity contribution < 1.29 is 12.8 Å². The Morgan fingerprint density at radius 3 is 2.81 bits per heavy atom. The highest BCUT2D eigenvalue weighted by atomic mass is 32.2. The van der Waals surface area contributed by atoms with Crippen molar-refractivity contribution in [1.82, 2.24) is 25.1 Å². The van der Waals surface area contributed by atoms with Gasteiger partial charge in [0.05, 0.1) is 29.7 Å². The van der Waals surface area contributed by atoms with Gasteiger partial charge in [-0.15, -0.1) is 0 Å². The molecule has 0 saturated carbocycles. The molecule has 1 aliphatic rings. The Labute approximate surface area is 184 Å². The van der Waals surface area contributed by atoms with Gasteiger partial charge in [-0.1, -0.05) is 6.07 Å². The molecule has 0 spiro atoms. The van der Waals surface area contributed by atoms with Crippen LogP contribution in [0.3, 0.4) is 0 Å². The van der Waals surface area contributed by atoms with Gasteiger partial charge in [0.1, 0.15) is 11.3 Å². The Kier molecular flexibility index (Phi) is 5.06. The molecule has 0 radical (unpaired) electrons. The number of hydrogen-bond donors (Lipinski definition) is 3. The van der Waals surface area contributed by atoms with E-state index in [1.54, 1.807) is 24.4 Å². The zero-order chi connectivity index (χ0) is 22.3. The monoisotopic (exact) mass is 453 g/mol. The van der Waals surface area contributed by atoms with Crippen LogP contribution in [0.1, 0.15) is 18.9 Å². The third-order valence-corrected chi connectivity index (χ3v) is 6.07. The minimum Gasteiger partial charge on any atom is -0.436 e. The van der Waals surface area contributed by atoms with Gasteiger partial charge in [-0.25, -0.2) is 18.4 Å². The van der Waals surface area contributed by atoms with Gasteiger partial charge in [0.25, 0.3) is 0 Å². The van der Waals surface area contributed by atoms with Crippen molar-refractivity contribution >= 4 is 32.6 Å². The molecule has 0 amide bonds. The largest absolute Gasteiger partial charge is 0.436 e. The maximum absolute atomic E-state index is 11.7. The first kappa shape index (κ1) is 20.5. The van der Waals surface area contributed by atoms with Gasteiger partial charge in [-0.2, -0.15) is 5.10 Å².